The minimum absolute atomic E-state index is 0.0763. The molecule has 0 bridgehead atoms. The Bertz CT molecular complexity index is 1460. The molecule has 1 N–H and O–H groups in total. The Morgan fingerprint density at radius 2 is 1.76 bits per heavy atom. The van der Waals surface area contributed by atoms with E-state index in [2.05, 4.69) is 5.32 Å². The van der Waals surface area contributed by atoms with E-state index in [9.17, 15) is 18.8 Å². The molecule has 168 valence electrons. The second-order valence-electron chi connectivity index (χ2n) is 7.63. The van der Waals surface area contributed by atoms with Crippen molar-refractivity contribution in [2.75, 3.05) is 7.11 Å². The fourth-order valence-corrected chi connectivity index (χ4v) is 3.64. The molecule has 3 aromatic carbocycles. The summed E-state index contributed by atoms with van der Waals surface area (Å²) in [7, 11) is 3.13. The number of hydrogen-bond acceptors (Lipinski definition) is 4. The highest BCUT2D eigenvalue weighted by Gasteiger charge is 2.14. The molecule has 0 atom stereocenters. The topological polar surface area (TPSA) is 82.3 Å². The van der Waals surface area contributed by atoms with Crippen LogP contribution < -0.4 is 21.3 Å². The Balaban J connectivity index is 1.64. The first-order valence-electron chi connectivity index (χ1n) is 10.3. The van der Waals surface area contributed by atoms with E-state index in [1.54, 1.807) is 44.5 Å². The van der Waals surface area contributed by atoms with E-state index < -0.39 is 17.1 Å². The number of nitrogens with zero attached hydrogens (tertiary/aromatic N) is 2. The van der Waals surface area contributed by atoms with E-state index in [0.29, 0.717) is 23.2 Å². The van der Waals surface area contributed by atoms with Crippen LogP contribution in [0.4, 0.5) is 4.39 Å². The van der Waals surface area contributed by atoms with Gasteiger partial charge in [0, 0.05) is 19.2 Å². The maximum atomic E-state index is 13.6. The third-order valence-electron chi connectivity index (χ3n) is 5.46. The predicted octanol–water partition coefficient (Wildman–Crippen LogP) is 2.83. The summed E-state index contributed by atoms with van der Waals surface area (Å²) in [5.41, 5.74) is 1.03. The number of aryl methyl sites for hydroxylation is 1. The van der Waals surface area contributed by atoms with Gasteiger partial charge in [0.1, 0.15) is 11.6 Å². The van der Waals surface area contributed by atoms with Gasteiger partial charge in [-0.3, -0.25) is 18.7 Å². The number of fused-ring (bicyclic) bond motifs is 1. The molecule has 33 heavy (non-hydrogen) atoms. The second-order valence-corrected chi connectivity index (χ2v) is 7.63. The Hall–Kier alpha value is -4.20. The molecule has 1 aromatic heterocycles. The van der Waals surface area contributed by atoms with Gasteiger partial charge in [0.2, 0.25) is 0 Å². The fourth-order valence-electron chi connectivity index (χ4n) is 3.64. The fraction of sp³-hybridized carbons (Fsp3) is 0.160. The van der Waals surface area contributed by atoms with Crippen LogP contribution >= 0.6 is 0 Å². The molecule has 4 aromatic rings. The molecule has 8 heteroatoms. The van der Waals surface area contributed by atoms with E-state index >= 15 is 0 Å². The molecule has 0 aliphatic carbocycles. The van der Waals surface area contributed by atoms with Gasteiger partial charge in [-0.1, -0.05) is 24.3 Å². The van der Waals surface area contributed by atoms with Crippen molar-refractivity contribution in [3.05, 3.63) is 110 Å². The number of carbonyl (C=O) groups excluding carboxylic acids is 1. The highest BCUT2D eigenvalue weighted by molar-refractivity contribution is 5.97. The largest absolute Gasteiger partial charge is 0.497 e. The quantitative estimate of drug-likeness (QED) is 0.493. The maximum Gasteiger partial charge on any atom is 0.331 e. The van der Waals surface area contributed by atoms with Gasteiger partial charge in [0.05, 0.1) is 24.6 Å². The molecule has 0 fully saturated rings. The first kappa shape index (κ1) is 22.0. The number of nitrogens with one attached hydrogen (secondary N) is 1. The van der Waals surface area contributed by atoms with Crippen molar-refractivity contribution in [1.29, 1.82) is 0 Å². The predicted molar refractivity (Wildman–Crippen MR) is 123 cm³/mol. The van der Waals surface area contributed by atoms with E-state index in [1.165, 1.54) is 28.8 Å². The number of rotatable bonds is 6. The standard InChI is InChI=1S/C25H22FN3O4/c1-28-22-11-8-18(23(30)27-14-16-6-9-20(33-2)10-7-16)13-21(22)24(31)29(25(28)32)15-17-4-3-5-19(26)12-17/h3-13H,14-15H2,1-2H3,(H,27,30). The van der Waals surface area contributed by atoms with Crippen LogP contribution in [0.3, 0.4) is 0 Å². The molecule has 0 aliphatic rings. The number of benzene rings is 3. The molecule has 0 saturated heterocycles. The van der Waals surface area contributed by atoms with Gasteiger partial charge in [-0.05, 0) is 53.6 Å². The minimum atomic E-state index is -0.540. The zero-order valence-electron chi connectivity index (χ0n) is 18.2. The third kappa shape index (κ3) is 4.55. The summed E-state index contributed by atoms with van der Waals surface area (Å²) in [5.74, 6) is -0.0774. The van der Waals surface area contributed by atoms with Gasteiger partial charge in [0.25, 0.3) is 11.5 Å². The van der Waals surface area contributed by atoms with Crippen molar-refractivity contribution in [1.82, 2.24) is 14.5 Å². The van der Waals surface area contributed by atoms with Gasteiger partial charge in [-0.2, -0.15) is 0 Å². The maximum absolute atomic E-state index is 13.6. The van der Waals surface area contributed by atoms with Gasteiger partial charge in [-0.15, -0.1) is 0 Å². The molecular weight excluding hydrogens is 425 g/mol. The summed E-state index contributed by atoms with van der Waals surface area (Å²) in [6.07, 6.45) is 0. The normalized spacial score (nSPS) is 10.9. The van der Waals surface area contributed by atoms with Crippen LogP contribution in [0.25, 0.3) is 10.9 Å². The summed E-state index contributed by atoms with van der Waals surface area (Å²) in [6.45, 7) is 0.227. The number of ether oxygens (including phenoxy) is 1. The first-order valence-corrected chi connectivity index (χ1v) is 10.3. The van der Waals surface area contributed by atoms with Gasteiger partial charge in [-0.25, -0.2) is 9.18 Å². The molecule has 0 spiro atoms. The molecule has 0 unspecified atom stereocenters. The van der Waals surface area contributed by atoms with Crippen LogP contribution in [0.15, 0.2) is 76.3 Å². The smallest absolute Gasteiger partial charge is 0.331 e. The number of aromatic nitrogens is 2. The molecule has 1 amide bonds. The van der Waals surface area contributed by atoms with Crippen molar-refractivity contribution < 1.29 is 13.9 Å². The average molecular weight is 447 g/mol. The van der Waals surface area contributed by atoms with Crippen molar-refractivity contribution in [2.45, 2.75) is 13.1 Å². The van der Waals surface area contributed by atoms with Gasteiger partial charge >= 0.3 is 5.69 Å². The first-order chi connectivity index (χ1) is 15.9. The summed E-state index contributed by atoms with van der Waals surface area (Å²) in [6, 6.07) is 17.7. The Labute approximate surface area is 188 Å². The van der Waals surface area contributed by atoms with Crippen molar-refractivity contribution >= 4 is 16.8 Å². The number of halogens is 1. The highest BCUT2D eigenvalue weighted by atomic mass is 19.1. The molecular formula is C25H22FN3O4. The molecule has 7 nitrogen and oxygen atoms in total. The Morgan fingerprint density at radius 1 is 1.00 bits per heavy atom. The highest BCUT2D eigenvalue weighted by Crippen LogP contribution is 2.14. The van der Waals surface area contributed by atoms with Gasteiger partial charge < -0.3 is 10.1 Å². The number of methoxy groups -OCH3 is 1. The molecule has 0 radical (unpaired) electrons. The van der Waals surface area contributed by atoms with Crippen molar-refractivity contribution in [3.63, 3.8) is 0 Å². The molecule has 0 saturated carbocycles. The number of carbonyl (C=O) groups is 1. The zero-order valence-corrected chi connectivity index (χ0v) is 18.2. The second kappa shape index (κ2) is 9.12. The SMILES string of the molecule is COc1ccc(CNC(=O)c2ccc3c(c2)c(=O)n(Cc2cccc(F)c2)c(=O)n3C)cc1. The van der Waals surface area contributed by atoms with E-state index in [1.807, 2.05) is 12.1 Å². The lowest BCUT2D eigenvalue weighted by atomic mass is 10.1. The van der Waals surface area contributed by atoms with Crippen molar-refractivity contribution in [3.8, 4) is 5.75 Å². The lowest BCUT2D eigenvalue weighted by Gasteiger charge is -2.12. The monoisotopic (exact) mass is 447 g/mol. The van der Waals surface area contributed by atoms with E-state index in [4.69, 9.17) is 4.74 Å². The van der Waals surface area contributed by atoms with Crippen LogP contribution in [0.5, 0.6) is 5.75 Å². The summed E-state index contributed by atoms with van der Waals surface area (Å²) in [5, 5.41) is 3.05. The average Bonchev–Trinajstić information content (AvgIpc) is 2.83. The summed E-state index contributed by atoms with van der Waals surface area (Å²) >= 11 is 0. The van der Waals surface area contributed by atoms with Crippen molar-refractivity contribution in [2.24, 2.45) is 7.05 Å². The molecule has 1 heterocycles. The number of hydrogen-bond donors (Lipinski definition) is 1. The van der Waals surface area contributed by atoms with Crippen LogP contribution in [0.1, 0.15) is 21.5 Å². The Kier molecular flexibility index (Phi) is 6.08. The third-order valence-corrected chi connectivity index (χ3v) is 5.46. The minimum Gasteiger partial charge on any atom is -0.497 e. The van der Waals surface area contributed by atoms with E-state index in [0.717, 1.165) is 15.9 Å². The lowest BCUT2D eigenvalue weighted by Crippen LogP contribution is -2.39. The van der Waals surface area contributed by atoms with Crippen LogP contribution in [-0.4, -0.2) is 22.2 Å². The molecule has 4 rings (SSSR count). The Morgan fingerprint density at radius 3 is 2.45 bits per heavy atom. The van der Waals surface area contributed by atoms with Gasteiger partial charge in [0.15, 0.2) is 0 Å². The van der Waals surface area contributed by atoms with Crippen LogP contribution in [-0.2, 0) is 20.1 Å². The van der Waals surface area contributed by atoms with Crippen LogP contribution in [0.2, 0.25) is 0 Å². The zero-order chi connectivity index (χ0) is 23.5. The number of amides is 1. The summed E-state index contributed by atoms with van der Waals surface area (Å²) in [4.78, 5) is 38.6. The molecule has 0 aliphatic heterocycles. The van der Waals surface area contributed by atoms with E-state index in [-0.39, 0.29) is 17.8 Å². The lowest BCUT2D eigenvalue weighted by molar-refractivity contribution is 0.0951. The van der Waals surface area contributed by atoms with Crippen LogP contribution in [0, 0.1) is 5.82 Å². The summed E-state index contributed by atoms with van der Waals surface area (Å²) < 4.78 is 21.1.